The lowest BCUT2D eigenvalue weighted by atomic mass is 10.4. The first-order chi connectivity index (χ1) is 13.1. The second-order valence-corrected chi connectivity index (χ2v) is 8.26. The summed E-state index contributed by atoms with van der Waals surface area (Å²) >= 11 is 3.87. The van der Waals surface area contributed by atoms with Crippen molar-refractivity contribution in [3.63, 3.8) is 0 Å². The van der Waals surface area contributed by atoms with Crippen molar-refractivity contribution in [1.29, 1.82) is 0 Å². The van der Waals surface area contributed by atoms with Crippen LogP contribution in [0.2, 0.25) is 0 Å². The molecule has 3 amide bonds. The highest BCUT2D eigenvalue weighted by Crippen LogP contribution is 2.14. The molecule has 3 N–H and O–H groups in total. The molecule has 12 heteroatoms. The number of hydrogen-bond acceptors (Lipinski definition) is 9. The zero-order valence-electron chi connectivity index (χ0n) is 13.6. The Kier molecular flexibility index (Phi) is 4.92. The van der Waals surface area contributed by atoms with Crippen LogP contribution >= 0.6 is 34.0 Å². The first-order valence-corrected chi connectivity index (χ1v) is 10.4. The van der Waals surface area contributed by atoms with Gasteiger partial charge in [0.05, 0.1) is 19.6 Å². The Morgan fingerprint density at radius 3 is 1.19 bits per heavy atom. The van der Waals surface area contributed by atoms with Crippen LogP contribution in [0.1, 0.15) is 46.5 Å². The number of nitrogens with one attached hydrogen (secondary N) is 3. The first kappa shape index (κ1) is 17.7. The second-order valence-electron chi connectivity index (χ2n) is 5.43. The van der Waals surface area contributed by atoms with Gasteiger partial charge < -0.3 is 16.0 Å². The SMILES string of the molecule is O=C1NCc2nc(cs2)C(=O)NCc2nc(cs2)C(=O)NCc2nc1cs2. The van der Waals surface area contributed by atoms with Gasteiger partial charge in [0.2, 0.25) is 0 Å². The average Bonchev–Trinajstić information content (AvgIpc) is 3.42. The summed E-state index contributed by atoms with van der Waals surface area (Å²) in [5.41, 5.74) is 0.822. The number of hydrogen-bond donors (Lipinski definition) is 3. The zero-order valence-corrected chi connectivity index (χ0v) is 16.1. The number of aromatic nitrogens is 3. The van der Waals surface area contributed by atoms with Gasteiger partial charge in [-0.05, 0) is 0 Å². The van der Waals surface area contributed by atoms with Gasteiger partial charge in [0.25, 0.3) is 17.7 Å². The van der Waals surface area contributed by atoms with E-state index in [1.54, 1.807) is 16.1 Å². The molecule has 138 valence electrons. The van der Waals surface area contributed by atoms with Gasteiger partial charge in [-0.1, -0.05) is 0 Å². The van der Waals surface area contributed by atoms with Crippen molar-refractivity contribution in [2.24, 2.45) is 0 Å². The molecule has 4 rings (SSSR count). The molecular formula is C15H12N6O3S3. The van der Waals surface area contributed by atoms with Gasteiger partial charge in [0.15, 0.2) is 0 Å². The maximum atomic E-state index is 12.2. The average molecular weight is 421 g/mol. The van der Waals surface area contributed by atoms with Crippen LogP contribution in [-0.2, 0) is 19.6 Å². The van der Waals surface area contributed by atoms with Crippen molar-refractivity contribution in [3.05, 3.63) is 48.2 Å². The molecule has 27 heavy (non-hydrogen) atoms. The van der Waals surface area contributed by atoms with E-state index in [1.807, 2.05) is 0 Å². The van der Waals surface area contributed by atoms with E-state index in [0.29, 0.717) is 15.0 Å². The largest absolute Gasteiger partial charge is 0.344 e. The van der Waals surface area contributed by atoms with Gasteiger partial charge in [0.1, 0.15) is 32.1 Å². The highest BCUT2D eigenvalue weighted by molar-refractivity contribution is 7.10. The first-order valence-electron chi connectivity index (χ1n) is 7.76. The smallest absolute Gasteiger partial charge is 0.271 e. The normalized spacial score (nSPS) is 15.3. The molecule has 3 aromatic rings. The van der Waals surface area contributed by atoms with E-state index in [1.165, 1.54) is 34.0 Å². The minimum Gasteiger partial charge on any atom is -0.344 e. The number of carbonyl (C=O) groups is 3. The van der Waals surface area contributed by atoms with Gasteiger partial charge in [-0.3, -0.25) is 14.4 Å². The van der Waals surface area contributed by atoms with E-state index in [-0.39, 0.29) is 54.4 Å². The molecule has 0 atom stereocenters. The molecule has 0 saturated carbocycles. The van der Waals surface area contributed by atoms with E-state index in [0.717, 1.165) is 0 Å². The number of nitrogens with zero attached hydrogens (tertiary/aromatic N) is 3. The molecule has 6 bridgehead atoms. The van der Waals surface area contributed by atoms with Gasteiger partial charge >= 0.3 is 0 Å². The molecule has 1 aliphatic rings. The highest BCUT2D eigenvalue weighted by Gasteiger charge is 2.16. The second kappa shape index (κ2) is 7.50. The van der Waals surface area contributed by atoms with E-state index in [2.05, 4.69) is 30.9 Å². The summed E-state index contributed by atoms with van der Waals surface area (Å²) in [5.74, 6) is -1.01. The van der Waals surface area contributed by atoms with Crippen LogP contribution < -0.4 is 16.0 Å². The van der Waals surface area contributed by atoms with Crippen molar-refractivity contribution in [1.82, 2.24) is 30.9 Å². The standard InChI is InChI=1S/C15H12N6O3S3/c22-13-7-5-26-11(20-7)2-18-15(24)9-6-27-12(21-9)3-17-14(23)8-4-25-10(19-8)1-16-13/h4-6H,1-3H2,(H,16,22)(H,17,23)(H,18,24). The molecule has 0 aromatic carbocycles. The summed E-state index contributed by atoms with van der Waals surface area (Å²) in [4.78, 5) is 49.3. The molecule has 0 aliphatic carbocycles. The fourth-order valence-electron chi connectivity index (χ4n) is 2.23. The van der Waals surface area contributed by atoms with E-state index < -0.39 is 0 Å². The van der Waals surface area contributed by atoms with Crippen LogP contribution in [0.25, 0.3) is 0 Å². The van der Waals surface area contributed by atoms with E-state index in [4.69, 9.17) is 0 Å². The summed E-state index contributed by atoms with van der Waals surface area (Å²) in [6.45, 7) is 0.614. The molecule has 0 spiro atoms. The van der Waals surface area contributed by atoms with Crippen LogP contribution in [0.15, 0.2) is 16.1 Å². The third kappa shape index (κ3) is 4.02. The van der Waals surface area contributed by atoms with Crippen LogP contribution in [0, 0.1) is 0 Å². The third-order valence-corrected chi connectivity index (χ3v) is 6.10. The fourth-order valence-corrected chi connectivity index (χ4v) is 4.37. The summed E-state index contributed by atoms with van der Waals surface area (Å²) in [6.07, 6.45) is 0. The Balaban J connectivity index is 1.59. The van der Waals surface area contributed by atoms with Crippen LogP contribution in [0.3, 0.4) is 0 Å². The number of thiazole rings is 3. The monoisotopic (exact) mass is 420 g/mol. The van der Waals surface area contributed by atoms with Crippen LogP contribution in [0.5, 0.6) is 0 Å². The molecule has 0 saturated heterocycles. The number of rotatable bonds is 0. The Labute approximate surface area is 164 Å². The quantitative estimate of drug-likeness (QED) is 0.501. The molecule has 4 heterocycles. The number of fused-ring (bicyclic) bond motifs is 6. The topological polar surface area (TPSA) is 126 Å². The van der Waals surface area contributed by atoms with Gasteiger partial charge in [-0.25, -0.2) is 15.0 Å². The van der Waals surface area contributed by atoms with Gasteiger partial charge in [-0.2, -0.15) is 0 Å². The Bertz CT molecular complexity index is 895. The molecule has 0 unspecified atom stereocenters. The molecule has 0 radical (unpaired) electrons. The summed E-state index contributed by atoms with van der Waals surface area (Å²) in [6, 6.07) is 0. The van der Waals surface area contributed by atoms with Crippen molar-refractivity contribution in [2.45, 2.75) is 19.6 Å². The Morgan fingerprint density at radius 1 is 0.593 bits per heavy atom. The lowest BCUT2D eigenvalue weighted by molar-refractivity contribution is 0.0941. The minimum atomic E-state index is -0.338. The Hall–Kier alpha value is -2.70. The van der Waals surface area contributed by atoms with Crippen molar-refractivity contribution >= 4 is 51.7 Å². The lowest BCUT2D eigenvalue weighted by Crippen LogP contribution is -2.26. The summed E-state index contributed by atoms with van der Waals surface area (Å²) in [5, 5.41) is 14.9. The van der Waals surface area contributed by atoms with E-state index >= 15 is 0 Å². The van der Waals surface area contributed by atoms with Gasteiger partial charge in [-0.15, -0.1) is 34.0 Å². The molecule has 3 aromatic heterocycles. The van der Waals surface area contributed by atoms with Crippen molar-refractivity contribution < 1.29 is 14.4 Å². The summed E-state index contributed by atoms with van der Waals surface area (Å²) < 4.78 is 0. The van der Waals surface area contributed by atoms with Crippen LogP contribution in [-0.4, -0.2) is 32.7 Å². The predicted octanol–water partition coefficient (Wildman–Crippen LogP) is 1.16. The van der Waals surface area contributed by atoms with Gasteiger partial charge in [0, 0.05) is 16.1 Å². The van der Waals surface area contributed by atoms with Crippen molar-refractivity contribution in [3.8, 4) is 0 Å². The summed E-state index contributed by atoms with van der Waals surface area (Å²) in [7, 11) is 0. The third-order valence-electron chi connectivity index (χ3n) is 3.55. The minimum absolute atomic E-state index is 0.205. The molecule has 0 fully saturated rings. The maximum Gasteiger partial charge on any atom is 0.271 e. The highest BCUT2D eigenvalue weighted by atomic mass is 32.1. The Morgan fingerprint density at radius 2 is 0.889 bits per heavy atom. The van der Waals surface area contributed by atoms with E-state index in [9.17, 15) is 14.4 Å². The fraction of sp³-hybridized carbons (Fsp3) is 0.200. The number of amides is 3. The van der Waals surface area contributed by atoms with Crippen LogP contribution in [0.4, 0.5) is 0 Å². The lowest BCUT2D eigenvalue weighted by Gasteiger charge is -2.02. The molecule has 9 nitrogen and oxygen atoms in total. The van der Waals surface area contributed by atoms with Crippen molar-refractivity contribution in [2.75, 3.05) is 0 Å². The molecular weight excluding hydrogens is 408 g/mol. The maximum absolute atomic E-state index is 12.2. The zero-order chi connectivity index (χ0) is 18.8. The predicted molar refractivity (Wildman–Crippen MR) is 99.9 cm³/mol. The molecule has 1 aliphatic heterocycles. The number of carbonyl (C=O) groups excluding carboxylic acids is 3.